The van der Waals surface area contributed by atoms with Crippen LogP contribution in [0, 0.1) is 18.3 Å². The summed E-state index contributed by atoms with van der Waals surface area (Å²) in [7, 11) is 0. The van der Waals surface area contributed by atoms with E-state index in [0.717, 1.165) is 13.1 Å². The predicted octanol–water partition coefficient (Wildman–Crippen LogP) is 2.31. The minimum absolute atomic E-state index is 0.111. The van der Waals surface area contributed by atoms with Crippen LogP contribution < -0.4 is 10.1 Å². The number of amides is 1. The lowest BCUT2D eigenvalue weighted by Crippen LogP contribution is -2.38. The molecular formula is C16H18F3N3O2. The molecule has 0 spiro atoms. The molecular weight excluding hydrogens is 323 g/mol. The van der Waals surface area contributed by atoms with Crippen molar-refractivity contribution in [2.45, 2.75) is 19.0 Å². The predicted molar refractivity (Wildman–Crippen MR) is 82.4 cm³/mol. The smallest absolute Gasteiger partial charge is 0.422 e. The average molecular weight is 341 g/mol. The molecule has 0 aromatic carbocycles. The fourth-order valence-electron chi connectivity index (χ4n) is 2.42. The highest BCUT2D eigenvalue weighted by Gasteiger charge is 2.28. The van der Waals surface area contributed by atoms with Crippen LogP contribution in [-0.2, 0) is 4.79 Å². The van der Waals surface area contributed by atoms with Crippen LogP contribution in [-0.4, -0.2) is 48.2 Å². The van der Waals surface area contributed by atoms with E-state index in [9.17, 15) is 18.0 Å². The minimum atomic E-state index is -4.41. The van der Waals surface area contributed by atoms with Gasteiger partial charge in [0.15, 0.2) is 6.61 Å². The van der Waals surface area contributed by atoms with Crippen LogP contribution >= 0.6 is 0 Å². The second-order valence-electron chi connectivity index (χ2n) is 5.53. The zero-order valence-electron chi connectivity index (χ0n) is 13.0. The summed E-state index contributed by atoms with van der Waals surface area (Å²) in [6.45, 7) is 0.717. The maximum atomic E-state index is 12.2. The van der Waals surface area contributed by atoms with Crippen molar-refractivity contribution in [1.29, 1.82) is 0 Å². The van der Waals surface area contributed by atoms with Crippen LogP contribution in [0.25, 0.3) is 0 Å². The van der Waals surface area contributed by atoms with E-state index in [1.807, 2.05) is 0 Å². The van der Waals surface area contributed by atoms with Gasteiger partial charge in [0.2, 0.25) is 11.8 Å². The van der Waals surface area contributed by atoms with Gasteiger partial charge in [-0.25, -0.2) is 4.98 Å². The quantitative estimate of drug-likeness (QED) is 0.835. The van der Waals surface area contributed by atoms with E-state index in [-0.39, 0.29) is 17.7 Å². The molecule has 1 aromatic rings. The highest BCUT2D eigenvalue weighted by Crippen LogP contribution is 2.21. The number of hydrogen-bond donors (Lipinski definition) is 1. The van der Waals surface area contributed by atoms with E-state index in [2.05, 4.69) is 25.9 Å². The third-order valence-corrected chi connectivity index (χ3v) is 3.66. The monoisotopic (exact) mass is 341 g/mol. The number of carbonyl (C=O) groups excluding carboxylic acids is 1. The first-order chi connectivity index (χ1) is 11.4. The Hall–Kier alpha value is -2.27. The van der Waals surface area contributed by atoms with Crippen molar-refractivity contribution in [3.63, 3.8) is 0 Å². The molecule has 1 fully saturated rings. The van der Waals surface area contributed by atoms with Gasteiger partial charge in [-0.3, -0.25) is 9.69 Å². The second kappa shape index (κ2) is 8.02. The highest BCUT2D eigenvalue weighted by molar-refractivity contribution is 5.92. The lowest BCUT2D eigenvalue weighted by atomic mass is 9.96. The maximum Gasteiger partial charge on any atom is 0.422 e. The Kier molecular flexibility index (Phi) is 6.04. The molecule has 2 rings (SSSR count). The molecule has 0 aliphatic carbocycles. The number of halogens is 3. The van der Waals surface area contributed by atoms with Crippen molar-refractivity contribution >= 4 is 11.6 Å². The third kappa shape index (κ3) is 5.74. The summed E-state index contributed by atoms with van der Waals surface area (Å²) < 4.78 is 40.7. The number of aromatic nitrogens is 1. The van der Waals surface area contributed by atoms with E-state index >= 15 is 0 Å². The molecule has 24 heavy (non-hydrogen) atoms. The third-order valence-electron chi connectivity index (χ3n) is 3.66. The largest absolute Gasteiger partial charge is 0.468 e. The molecule has 5 nitrogen and oxygen atoms in total. The Morgan fingerprint density at radius 1 is 1.42 bits per heavy atom. The molecule has 1 saturated heterocycles. The van der Waals surface area contributed by atoms with Gasteiger partial charge in [-0.2, -0.15) is 13.2 Å². The second-order valence-corrected chi connectivity index (χ2v) is 5.53. The molecule has 0 radical (unpaired) electrons. The van der Waals surface area contributed by atoms with E-state index in [1.165, 1.54) is 18.3 Å². The lowest BCUT2D eigenvalue weighted by molar-refractivity contribution is -0.154. The van der Waals surface area contributed by atoms with Gasteiger partial charge in [-0.05, 0) is 32.0 Å². The minimum Gasteiger partial charge on any atom is -0.468 e. The molecule has 1 N–H and O–H groups in total. The number of carbonyl (C=O) groups is 1. The zero-order valence-corrected chi connectivity index (χ0v) is 13.0. The summed E-state index contributed by atoms with van der Waals surface area (Å²) in [6.07, 6.45) is 3.56. The highest BCUT2D eigenvalue weighted by atomic mass is 19.4. The molecule has 1 aliphatic rings. The van der Waals surface area contributed by atoms with Crippen LogP contribution in [0.15, 0.2) is 18.3 Å². The van der Waals surface area contributed by atoms with Crippen LogP contribution in [0.4, 0.5) is 18.9 Å². The maximum absolute atomic E-state index is 12.2. The summed E-state index contributed by atoms with van der Waals surface area (Å²) in [5.41, 5.74) is 0.422. The number of alkyl halides is 3. The Labute approximate surface area is 138 Å². The molecule has 0 saturated carbocycles. The average Bonchev–Trinajstić information content (AvgIpc) is 2.54. The van der Waals surface area contributed by atoms with Gasteiger partial charge in [0.05, 0.1) is 18.4 Å². The number of nitrogens with one attached hydrogen (secondary N) is 1. The van der Waals surface area contributed by atoms with Gasteiger partial charge in [0.1, 0.15) is 0 Å². The molecule has 1 aliphatic heterocycles. The van der Waals surface area contributed by atoms with Crippen molar-refractivity contribution in [3.05, 3.63) is 18.3 Å². The zero-order chi connectivity index (χ0) is 17.6. The van der Waals surface area contributed by atoms with Crippen molar-refractivity contribution in [3.8, 4) is 18.2 Å². The molecule has 130 valence electrons. The van der Waals surface area contributed by atoms with Gasteiger partial charge in [0.25, 0.3) is 0 Å². The number of nitrogens with zero attached hydrogens (tertiary/aromatic N) is 2. The molecule has 8 heteroatoms. The Balaban J connectivity index is 1.81. The van der Waals surface area contributed by atoms with Gasteiger partial charge >= 0.3 is 6.18 Å². The molecule has 0 bridgehead atoms. The number of rotatable bonds is 5. The Bertz CT molecular complexity index is 588. The summed E-state index contributed by atoms with van der Waals surface area (Å²) in [4.78, 5) is 18.1. The van der Waals surface area contributed by atoms with Crippen molar-refractivity contribution in [2.24, 2.45) is 5.92 Å². The van der Waals surface area contributed by atoms with E-state index in [4.69, 9.17) is 6.42 Å². The Morgan fingerprint density at radius 3 is 2.67 bits per heavy atom. The standard InChI is InChI=1S/C16H18F3N3O2/c1-2-7-22-8-5-12(6-9-22)15(23)21-13-3-4-14(20-10-13)24-11-16(17,18)19/h1,3-4,10,12H,5-9,11H2,(H,21,23). The number of likely N-dealkylation sites (tertiary alicyclic amines) is 1. The first kappa shape index (κ1) is 18.1. The number of pyridine rings is 1. The van der Waals surface area contributed by atoms with E-state index < -0.39 is 12.8 Å². The van der Waals surface area contributed by atoms with Gasteiger partial charge < -0.3 is 10.1 Å². The number of hydrogen-bond acceptors (Lipinski definition) is 4. The molecule has 2 heterocycles. The fraction of sp³-hybridized carbons (Fsp3) is 0.500. The summed E-state index contributed by atoms with van der Waals surface area (Å²) >= 11 is 0. The van der Waals surface area contributed by atoms with Gasteiger partial charge in [-0.15, -0.1) is 6.42 Å². The van der Waals surface area contributed by atoms with Gasteiger partial charge in [0, 0.05) is 12.0 Å². The number of piperidine rings is 1. The first-order valence-electron chi connectivity index (χ1n) is 7.49. The topological polar surface area (TPSA) is 54.5 Å². The fourth-order valence-corrected chi connectivity index (χ4v) is 2.42. The normalized spacial score (nSPS) is 16.4. The summed E-state index contributed by atoms with van der Waals surface area (Å²) in [5.74, 6) is 2.20. The van der Waals surface area contributed by atoms with Crippen LogP contribution in [0.3, 0.4) is 0 Å². The summed E-state index contributed by atoms with van der Waals surface area (Å²) in [6, 6.07) is 2.75. The number of ether oxygens (including phenoxy) is 1. The first-order valence-corrected chi connectivity index (χ1v) is 7.49. The molecule has 1 aromatic heterocycles. The molecule has 0 atom stereocenters. The molecule has 0 unspecified atom stereocenters. The Morgan fingerprint density at radius 2 is 2.12 bits per heavy atom. The van der Waals surface area contributed by atoms with Gasteiger partial charge in [-0.1, -0.05) is 5.92 Å². The van der Waals surface area contributed by atoms with E-state index in [1.54, 1.807) is 0 Å². The summed E-state index contributed by atoms with van der Waals surface area (Å²) in [5, 5.41) is 2.72. The van der Waals surface area contributed by atoms with Crippen LogP contribution in [0.1, 0.15) is 12.8 Å². The van der Waals surface area contributed by atoms with E-state index in [0.29, 0.717) is 25.1 Å². The molecule has 1 amide bonds. The van der Waals surface area contributed by atoms with Crippen LogP contribution in [0.2, 0.25) is 0 Å². The van der Waals surface area contributed by atoms with Crippen molar-refractivity contribution < 1.29 is 22.7 Å². The van der Waals surface area contributed by atoms with Crippen molar-refractivity contribution in [1.82, 2.24) is 9.88 Å². The number of terminal acetylenes is 1. The van der Waals surface area contributed by atoms with Crippen molar-refractivity contribution in [2.75, 3.05) is 31.6 Å². The number of anilines is 1. The lowest BCUT2D eigenvalue weighted by Gasteiger charge is -2.29. The van der Waals surface area contributed by atoms with Crippen LogP contribution in [0.5, 0.6) is 5.88 Å². The SMILES string of the molecule is C#CCN1CCC(C(=O)Nc2ccc(OCC(F)(F)F)nc2)CC1.